The van der Waals surface area contributed by atoms with E-state index in [9.17, 15) is 9.18 Å². The number of fused-ring (bicyclic) bond motifs is 1. The second-order valence-corrected chi connectivity index (χ2v) is 6.90. The van der Waals surface area contributed by atoms with Crippen molar-refractivity contribution in [1.29, 1.82) is 0 Å². The third-order valence-corrected chi connectivity index (χ3v) is 4.24. The molecular formula is C17H18FN5O2S. The summed E-state index contributed by atoms with van der Waals surface area (Å²) in [6.45, 7) is 3.72. The summed E-state index contributed by atoms with van der Waals surface area (Å²) in [5, 5.41) is 2.76. The number of pyridine rings is 1. The number of hydrogen-bond donors (Lipinski definition) is 3. The molecule has 1 amide bonds. The molecule has 1 aliphatic heterocycles. The van der Waals surface area contributed by atoms with E-state index in [4.69, 9.17) is 10.5 Å². The number of hydrogen-bond acceptors (Lipinski definition) is 7. The fourth-order valence-corrected chi connectivity index (χ4v) is 2.90. The van der Waals surface area contributed by atoms with E-state index >= 15 is 0 Å². The highest BCUT2D eigenvalue weighted by Gasteiger charge is 2.25. The Bertz CT molecular complexity index is 872. The number of nitrogens with two attached hydrogens (primary N) is 1. The molecule has 2 heterocycles. The fourth-order valence-electron chi connectivity index (χ4n) is 2.40. The van der Waals surface area contributed by atoms with Crippen molar-refractivity contribution >= 4 is 29.6 Å². The lowest BCUT2D eigenvalue weighted by Crippen LogP contribution is -2.48. The van der Waals surface area contributed by atoms with Gasteiger partial charge in [-0.05, 0) is 32.0 Å². The Balaban J connectivity index is 1.71. The van der Waals surface area contributed by atoms with Crippen LogP contribution in [0, 0.1) is 5.82 Å². The molecule has 1 aromatic heterocycles. The fraction of sp³-hybridized carbons (Fsp3) is 0.235. The zero-order chi connectivity index (χ0) is 18.7. The quantitative estimate of drug-likeness (QED) is 0.694. The molecule has 9 heteroatoms. The summed E-state index contributed by atoms with van der Waals surface area (Å²) >= 11 is 1.15. The van der Waals surface area contributed by atoms with Gasteiger partial charge in [0, 0.05) is 6.20 Å². The zero-order valence-corrected chi connectivity index (χ0v) is 15.1. The predicted octanol–water partition coefficient (Wildman–Crippen LogP) is 2.50. The van der Waals surface area contributed by atoms with Gasteiger partial charge in [-0.25, -0.2) is 4.39 Å². The van der Waals surface area contributed by atoms with Gasteiger partial charge in [-0.2, -0.15) is 4.40 Å². The molecule has 4 N–H and O–H groups in total. The maximum absolute atomic E-state index is 13.7. The van der Waals surface area contributed by atoms with Gasteiger partial charge in [0.2, 0.25) is 0 Å². The van der Waals surface area contributed by atoms with Crippen molar-refractivity contribution in [2.45, 2.75) is 19.4 Å². The van der Waals surface area contributed by atoms with Crippen molar-refractivity contribution in [2.24, 2.45) is 10.1 Å². The first-order chi connectivity index (χ1) is 12.4. The highest BCUT2D eigenvalue weighted by Crippen LogP contribution is 2.32. The van der Waals surface area contributed by atoms with E-state index in [0.717, 1.165) is 24.0 Å². The molecule has 1 aromatic carbocycles. The van der Waals surface area contributed by atoms with Crippen LogP contribution in [0.4, 0.5) is 10.1 Å². The van der Waals surface area contributed by atoms with Crippen LogP contribution in [0.5, 0.6) is 5.75 Å². The molecule has 136 valence electrons. The van der Waals surface area contributed by atoms with Crippen molar-refractivity contribution in [3.05, 3.63) is 53.6 Å². The molecule has 0 spiro atoms. The van der Waals surface area contributed by atoms with Crippen molar-refractivity contribution in [3.63, 3.8) is 0 Å². The van der Waals surface area contributed by atoms with Gasteiger partial charge in [-0.1, -0.05) is 6.07 Å². The Morgan fingerprint density at radius 2 is 2.23 bits per heavy atom. The Kier molecular flexibility index (Phi) is 4.99. The summed E-state index contributed by atoms with van der Waals surface area (Å²) in [6.07, 6.45) is 2.37. The van der Waals surface area contributed by atoms with Crippen molar-refractivity contribution in [2.75, 3.05) is 11.3 Å². The molecule has 0 saturated carbocycles. The molecule has 0 aliphatic carbocycles. The van der Waals surface area contributed by atoms with Crippen LogP contribution in [0.25, 0.3) is 0 Å². The minimum Gasteiger partial charge on any atom is -0.490 e. The highest BCUT2D eigenvalue weighted by molar-refractivity contribution is 7.99. The van der Waals surface area contributed by atoms with Gasteiger partial charge in [0.25, 0.3) is 5.91 Å². The number of carbonyl (C=O) groups excluding carboxylic acids is 1. The summed E-state index contributed by atoms with van der Waals surface area (Å²) in [4.78, 5) is 15.9. The molecule has 0 radical (unpaired) electrons. The number of amides is 1. The van der Waals surface area contributed by atoms with Crippen LogP contribution in [-0.2, 0) is 0 Å². The summed E-state index contributed by atoms with van der Waals surface area (Å²) in [5.74, 6) is -0.298. The number of aromatic nitrogens is 1. The normalized spacial score (nSPS) is 13.3. The average Bonchev–Trinajstić information content (AvgIpc) is 2.60. The van der Waals surface area contributed by atoms with E-state index < -0.39 is 17.3 Å². The number of carbonyl (C=O) groups is 1. The van der Waals surface area contributed by atoms with Crippen LogP contribution in [0.2, 0.25) is 0 Å². The van der Waals surface area contributed by atoms with E-state index in [0.29, 0.717) is 17.1 Å². The lowest BCUT2D eigenvalue weighted by Gasteiger charge is -2.27. The maximum atomic E-state index is 13.7. The summed E-state index contributed by atoms with van der Waals surface area (Å²) < 4.78 is 26.7. The number of halogens is 1. The Morgan fingerprint density at radius 3 is 3.00 bits per heavy atom. The molecule has 0 saturated heterocycles. The number of amidine groups is 1. The molecule has 0 atom stereocenters. The standard InChI is InChI=1S/C17H18FN5O2S/c1-17(2,21-16(24)10-6-7-20-8-11(10)18)9-25-13-5-3-4-12-14(13)15(19)23-26-22-12/h3-8,22H,9H2,1-2H3,(H2,19,23)(H,21,24). The summed E-state index contributed by atoms with van der Waals surface area (Å²) in [5.41, 5.74) is 6.61. The summed E-state index contributed by atoms with van der Waals surface area (Å²) in [6, 6.07) is 6.81. The lowest BCUT2D eigenvalue weighted by molar-refractivity contribution is 0.0876. The van der Waals surface area contributed by atoms with Gasteiger partial charge < -0.3 is 20.5 Å². The SMILES string of the molecule is CC(C)(COc1cccc2c1C(N)=NSN2)NC(=O)c1ccncc1F. The smallest absolute Gasteiger partial charge is 0.254 e. The number of anilines is 1. The van der Waals surface area contributed by atoms with Crippen LogP contribution in [0.15, 0.2) is 41.1 Å². The van der Waals surface area contributed by atoms with Crippen molar-refractivity contribution < 1.29 is 13.9 Å². The van der Waals surface area contributed by atoms with Crippen LogP contribution in [0.3, 0.4) is 0 Å². The second-order valence-electron chi connectivity index (χ2n) is 6.33. The Morgan fingerprint density at radius 1 is 1.42 bits per heavy atom. The second kappa shape index (κ2) is 7.20. The van der Waals surface area contributed by atoms with Gasteiger partial charge in [0.15, 0.2) is 5.82 Å². The zero-order valence-electron chi connectivity index (χ0n) is 14.2. The van der Waals surface area contributed by atoms with Crippen LogP contribution in [0.1, 0.15) is 29.8 Å². The van der Waals surface area contributed by atoms with Crippen LogP contribution < -0.4 is 20.5 Å². The Hall–Kier alpha value is -2.81. The molecule has 0 bridgehead atoms. The lowest BCUT2D eigenvalue weighted by atomic mass is 10.1. The van der Waals surface area contributed by atoms with Gasteiger partial charge in [0.1, 0.15) is 18.2 Å². The molecule has 3 rings (SSSR count). The number of nitrogens with zero attached hydrogens (tertiary/aromatic N) is 2. The van der Waals surface area contributed by atoms with Crippen molar-refractivity contribution in [1.82, 2.24) is 10.3 Å². The average molecular weight is 375 g/mol. The van der Waals surface area contributed by atoms with Crippen LogP contribution in [-0.4, -0.2) is 28.9 Å². The monoisotopic (exact) mass is 375 g/mol. The van der Waals surface area contributed by atoms with Gasteiger partial charge >= 0.3 is 0 Å². The predicted molar refractivity (Wildman–Crippen MR) is 99.6 cm³/mol. The number of rotatable bonds is 5. The molecule has 7 nitrogen and oxygen atoms in total. The molecule has 26 heavy (non-hydrogen) atoms. The van der Waals surface area contributed by atoms with Crippen LogP contribution >= 0.6 is 12.1 Å². The van der Waals surface area contributed by atoms with E-state index in [-0.39, 0.29) is 12.2 Å². The number of nitrogens with one attached hydrogen (secondary N) is 2. The molecule has 0 unspecified atom stereocenters. The first kappa shape index (κ1) is 18.0. The molecule has 0 fully saturated rings. The Labute approximate surface area is 154 Å². The summed E-state index contributed by atoms with van der Waals surface area (Å²) in [7, 11) is 0. The maximum Gasteiger partial charge on any atom is 0.254 e. The minimum atomic E-state index is -0.752. The largest absolute Gasteiger partial charge is 0.490 e. The third-order valence-electron chi connectivity index (χ3n) is 3.64. The molecular weight excluding hydrogens is 357 g/mol. The van der Waals surface area contributed by atoms with E-state index in [1.807, 2.05) is 12.1 Å². The molecule has 1 aliphatic rings. The van der Waals surface area contributed by atoms with Crippen molar-refractivity contribution in [3.8, 4) is 5.75 Å². The van der Waals surface area contributed by atoms with Gasteiger partial charge in [-0.3, -0.25) is 9.78 Å². The number of benzene rings is 1. The van der Waals surface area contributed by atoms with Gasteiger partial charge in [-0.15, -0.1) is 0 Å². The number of ether oxygens (including phenoxy) is 1. The first-order valence-corrected chi connectivity index (χ1v) is 8.58. The highest BCUT2D eigenvalue weighted by atomic mass is 32.2. The minimum absolute atomic E-state index is 0.0669. The molecule has 2 aromatic rings. The van der Waals surface area contributed by atoms with E-state index in [1.165, 1.54) is 12.3 Å². The third kappa shape index (κ3) is 3.88. The van der Waals surface area contributed by atoms with E-state index in [2.05, 4.69) is 19.4 Å². The van der Waals surface area contributed by atoms with Gasteiger partial charge in [0.05, 0.1) is 40.7 Å². The van der Waals surface area contributed by atoms with E-state index in [1.54, 1.807) is 19.9 Å². The first-order valence-electron chi connectivity index (χ1n) is 7.81. The topological polar surface area (TPSA) is 102 Å².